The van der Waals surface area contributed by atoms with Gasteiger partial charge in [-0.05, 0) is 62.6 Å². The van der Waals surface area contributed by atoms with Crippen molar-refractivity contribution in [2.75, 3.05) is 25.9 Å². The van der Waals surface area contributed by atoms with Gasteiger partial charge in [0, 0.05) is 24.5 Å². The Bertz CT molecular complexity index is 912. The first-order chi connectivity index (χ1) is 13.8. The van der Waals surface area contributed by atoms with E-state index in [4.69, 9.17) is 0 Å². The molecule has 29 heavy (non-hydrogen) atoms. The molecule has 1 fully saturated rings. The maximum Gasteiger partial charge on any atom is 0.263 e. The third-order valence-electron chi connectivity index (χ3n) is 5.47. The van der Waals surface area contributed by atoms with Crippen LogP contribution in [-0.4, -0.2) is 45.1 Å². The minimum Gasteiger partial charge on any atom is -0.338 e. The molecule has 0 unspecified atom stereocenters. The van der Waals surface area contributed by atoms with Crippen molar-refractivity contribution >= 4 is 27.3 Å². The van der Waals surface area contributed by atoms with Crippen molar-refractivity contribution in [1.29, 1.82) is 0 Å². The van der Waals surface area contributed by atoms with Crippen LogP contribution in [0, 0.1) is 12.8 Å². The summed E-state index contributed by atoms with van der Waals surface area (Å²) in [7, 11) is -3.17. The molecule has 1 saturated heterocycles. The molecule has 1 aliphatic rings. The summed E-state index contributed by atoms with van der Waals surface area (Å²) in [6.45, 7) is 4.11. The lowest BCUT2D eigenvalue weighted by Crippen LogP contribution is -2.38. The van der Waals surface area contributed by atoms with Crippen LogP contribution in [0.25, 0.3) is 0 Å². The highest BCUT2D eigenvalue weighted by atomic mass is 32.2. The van der Waals surface area contributed by atoms with E-state index in [0.29, 0.717) is 18.9 Å². The molecule has 158 valence electrons. The fraction of sp³-hybridized carbons (Fsp3) is 0.500. The number of sulfonamides is 1. The molecule has 0 aliphatic carbocycles. The third kappa shape index (κ3) is 6.94. The van der Waals surface area contributed by atoms with Gasteiger partial charge >= 0.3 is 0 Å². The van der Waals surface area contributed by atoms with Crippen LogP contribution in [-0.2, 0) is 22.9 Å². The lowest BCUT2D eigenvalue weighted by molar-refractivity contribution is 0.0692. The number of carbonyl (C=O) groups is 1. The van der Waals surface area contributed by atoms with Crippen LogP contribution in [0.1, 0.15) is 44.9 Å². The average molecular weight is 435 g/mol. The number of nitrogens with zero attached hydrogens (tertiary/aromatic N) is 1. The number of hydrogen-bond donors (Lipinski definition) is 1. The molecule has 0 spiro atoms. The monoisotopic (exact) mass is 434 g/mol. The number of aryl methyl sites for hydroxylation is 2. The van der Waals surface area contributed by atoms with Gasteiger partial charge in [0.2, 0.25) is 10.0 Å². The van der Waals surface area contributed by atoms with Gasteiger partial charge in [-0.1, -0.05) is 29.8 Å². The molecule has 1 aliphatic heterocycles. The molecule has 2 aromatic rings. The molecule has 1 N–H and O–H groups in total. The van der Waals surface area contributed by atoms with E-state index in [1.165, 1.54) is 28.9 Å². The first kappa shape index (κ1) is 22.0. The molecule has 0 saturated carbocycles. The number of likely N-dealkylation sites (tertiary alicyclic amines) is 1. The Morgan fingerprint density at radius 2 is 1.79 bits per heavy atom. The molecule has 7 heteroatoms. The van der Waals surface area contributed by atoms with Crippen LogP contribution < -0.4 is 4.72 Å². The summed E-state index contributed by atoms with van der Waals surface area (Å²) in [6.07, 6.45) is 6.17. The van der Waals surface area contributed by atoms with Crippen molar-refractivity contribution in [1.82, 2.24) is 9.62 Å². The molecule has 1 aromatic heterocycles. The van der Waals surface area contributed by atoms with Crippen LogP contribution in [0.2, 0.25) is 0 Å². The molecule has 1 amide bonds. The zero-order chi connectivity index (χ0) is 20.9. The van der Waals surface area contributed by atoms with Crippen molar-refractivity contribution < 1.29 is 13.2 Å². The summed E-state index contributed by atoms with van der Waals surface area (Å²) in [5.74, 6) is 0.788. The van der Waals surface area contributed by atoms with Gasteiger partial charge in [-0.15, -0.1) is 11.3 Å². The van der Waals surface area contributed by atoms with Crippen molar-refractivity contribution in [3.63, 3.8) is 0 Å². The fourth-order valence-electron chi connectivity index (χ4n) is 3.69. The van der Waals surface area contributed by atoms with E-state index < -0.39 is 10.0 Å². The van der Waals surface area contributed by atoms with E-state index in [-0.39, 0.29) is 5.91 Å². The topological polar surface area (TPSA) is 66.5 Å². The first-order valence-corrected chi connectivity index (χ1v) is 12.9. The van der Waals surface area contributed by atoms with Crippen molar-refractivity contribution in [3.8, 4) is 0 Å². The van der Waals surface area contributed by atoms with Gasteiger partial charge in [0.25, 0.3) is 5.91 Å². The lowest BCUT2D eigenvalue weighted by atomic mass is 9.90. The Morgan fingerprint density at radius 3 is 2.45 bits per heavy atom. The number of rotatable bonds is 8. The van der Waals surface area contributed by atoms with E-state index in [1.807, 2.05) is 17.0 Å². The second kappa shape index (κ2) is 9.87. The Hall–Kier alpha value is -1.70. The van der Waals surface area contributed by atoms with E-state index in [2.05, 4.69) is 35.9 Å². The SMILES string of the molecule is Cc1ccc(CCC2CCN(C(=O)c3ccc(CCNS(C)(=O)=O)s3)CC2)cc1. The van der Waals surface area contributed by atoms with Gasteiger partial charge in [0.1, 0.15) is 0 Å². The summed E-state index contributed by atoms with van der Waals surface area (Å²) >= 11 is 1.47. The largest absolute Gasteiger partial charge is 0.338 e. The quantitative estimate of drug-likeness (QED) is 0.690. The van der Waals surface area contributed by atoms with Gasteiger partial charge in [0.15, 0.2) is 0 Å². The van der Waals surface area contributed by atoms with Gasteiger partial charge in [-0.25, -0.2) is 13.1 Å². The molecule has 0 atom stereocenters. The van der Waals surface area contributed by atoms with Gasteiger partial charge in [-0.2, -0.15) is 0 Å². The number of amides is 1. The van der Waals surface area contributed by atoms with E-state index in [0.717, 1.165) is 48.4 Å². The third-order valence-corrected chi connectivity index (χ3v) is 7.33. The zero-order valence-corrected chi connectivity index (χ0v) is 18.8. The summed E-state index contributed by atoms with van der Waals surface area (Å²) in [6, 6.07) is 12.6. The maximum absolute atomic E-state index is 12.8. The summed E-state index contributed by atoms with van der Waals surface area (Å²) in [5.41, 5.74) is 2.69. The summed E-state index contributed by atoms with van der Waals surface area (Å²) in [5, 5.41) is 0. The van der Waals surface area contributed by atoms with Gasteiger partial charge in [-0.3, -0.25) is 4.79 Å². The maximum atomic E-state index is 12.8. The van der Waals surface area contributed by atoms with Crippen molar-refractivity contribution in [3.05, 3.63) is 57.3 Å². The molecular formula is C22H30N2O3S2. The van der Waals surface area contributed by atoms with Crippen LogP contribution in [0.3, 0.4) is 0 Å². The molecule has 3 rings (SSSR count). The highest BCUT2D eigenvalue weighted by Crippen LogP contribution is 2.25. The van der Waals surface area contributed by atoms with Crippen LogP contribution in [0.5, 0.6) is 0 Å². The molecule has 5 nitrogen and oxygen atoms in total. The summed E-state index contributed by atoms with van der Waals surface area (Å²) < 4.78 is 24.8. The number of hydrogen-bond acceptors (Lipinski definition) is 4. The number of thiophene rings is 1. The predicted octanol–water partition coefficient (Wildman–Crippen LogP) is 3.63. The van der Waals surface area contributed by atoms with Crippen LogP contribution in [0.15, 0.2) is 36.4 Å². The van der Waals surface area contributed by atoms with Crippen LogP contribution >= 0.6 is 11.3 Å². The fourth-order valence-corrected chi connectivity index (χ4v) is 5.14. The highest BCUT2D eigenvalue weighted by molar-refractivity contribution is 7.88. The second-order valence-electron chi connectivity index (χ2n) is 7.94. The Labute approximate surface area is 178 Å². The predicted molar refractivity (Wildman–Crippen MR) is 119 cm³/mol. The minimum absolute atomic E-state index is 0.106. The summed E-state index contributed by atoms with van der Waals surface area (Å²) in [4.78, 5) is 16.5. The van der Waals surface area contributed by atoms with Gasteiger partial charge < -0.3 is 4.90 Å². The Kier molecular flexibility index (Phi) is 7.49. The zero-order valence-electron chi connectivity index (χ0n) is 17.2. The molecule has 1 aromatic carbocycles. The van der Waals surface area contributed by atoms with E-state index >= 15 is 0 Å². The Morgan fingerprint density at radius 1 is 1.10 bits per heavy atom. The Balaban J connectivity index is 1.43. The van der Waals surface area contributed by atoms with E-state index in [1.54, 1.807) is 0 Å². The molecular weight excluding hydrogens is 404 g/mol. The second-order valence-corrected chi connectivity index (χ2v) is 10.9. The number of piperidine rings is 1. The molecule has 0 bridgehead atoms. The minimum atomic E-state index is -3.17. The van der Waals surface area contributed by atoms with Crippen molar-refractivity contribution in [2.45, 2.75) is 39.0 Å². The number of nitrogens with one attached hydrogen (secondary N) is 1. The van der Waals surface area contributed by atoms with Gasteiger partial charge in [0.05, 0.1) is 11.1 Å². The average Bonchev–Trinajstić information content (AvgIpc) is 3.15. The van der Waals surface area contributed by atoms with Crippen LogP contribution in [0.4, 0.5) is 0 Å². The molecule has 2 heterocycles. The standard InChI is InChI=1S/C22H30N2O3S2/c1-17-3-5-18(6-4-17)7-8-19-12-15-24(16-13-19)22(25)21-10-9-20(28-21)11-14-23-29(2,26)27/h3-6,9-10,19,23H,7-8,11-16H2,1-2H3. The first-order valence-electron chi connectivity index (χ1n) is 10.2. The number of carbonyl (C=O) groups excluding carboxylic acids is 1. The highest BCUT2D eigenvalue weighted by Gasteiger charge is 2.24. The normalized spacial score (nSPS) is 15.6. The lowest BCUT2D eigenvalue weighted by Gasteiger charge is -2.31. The van der Waals surface area contributed by atoms with E-state index in [9.17, 15) is 13.2 Å². The van der Waals surface area contributed by atoms with Crippen molar-refractivity contribution in [2.24, 2.45) is 5.92 Å². The molecule has 0 radical (unpaired) electrons. The smallest absolute Gasteiger partial charge is 0.263 e. The number of benzene rings is 1.